The van der Waals surface area contributed by atoms with Crippen molar-refractivity contribution in [2.75, 3.05) is 4.90 Å². The van der Waals surface area contributed by atoms with Gasteiger partial charge >= 0.3 is 6.18 Å². The monoisotopic (exact) mass is 433 g/mol. The second kappa shape index (κ2) is 8.07. The summed E-state index contributed by atoms with van der Waals surface area (Å²) >= 11 is 6.06. The minimum atomic E-state index is -4.47. The Hall–Kier alpha value is -2.93. The molecule has 0 fully saturated rings. The smallest absolute Gasteiger partial charge is 0.273 e. The van der Waals surface area contributed by atoms with E-state index in [1.165, 1.54) is 23.2 Å². The molecule has 8 heteroatoms. The van der Waals surface area contributed by atoms with E-state index in [9.17, 15) is 18.0 Å². The Labute approximate surface area is 177 Å². The number of aromatic nitrogens is 2. The quantitative estimate of drug-likeness (QED) is 0.472. The average Bonchev–Trinajstić information content (AvgIpc) is 2.67. The minimum Gasteiger partial charge on any atom is -0.273 e. The van der Waals surface area contributed by atoms with Crippen LogP contribution in [0, 0.1) is 5.41 Å². The van der Waals surface area contributed by atoms with E-state index >= 15 is 0 Å². The summed E-state index contributed by atoms with van der Waals surface area (Å²) in [5.74, 6) is -0.294. The van der Waals surface area contributed by atoms with Crippen molar-refractivity contribution in [3.05, 3.63) is 71.4 Å². The zero-order chi connectivity index (χ0) is 22.1. The summed E-state index contributed by atoms with van der Waals surface area (Å²) in [6.07, 6.45) is -2.98. The first-order valence-corrected chi connectivity index (χ1v) is 9.45. The van der Waals surface area contributed by atoms with Crippen molar-refractivity contribution in [1.82, 2.24) is 9.97 Å². The summed E-state index contributed by atoms with van der Waals surface area (Å²) < 4.78 is 38.8. The van der Waals surface area contributed by atoms with E-state index in [0.29, 0.717) is 10.7 Å². The molecule has 0 aliphatic heterocycles. The molecule has 3 rings (SSSR count). The maximum atomic E-state index is 13.2. The number of halogens is 4. The fraction of sp³-hybridized carbons (Fsp3) is 0.227. The van der Waals surface area contributed by atoms with E-state index in [1.54, 1.807) is 45.0 Å². The highest BCUT2D eigenvalue weighted by atomic mass is 35.5. The van der Waals surface area contributed by atoms with Crippen LogP contribution in [0.3, 0.4) is 0 Å². The molecule has 1 heterocycles. The molecule has 0 atom stereocenters. The maximum Gasteiger partial charge on any atom is 0.416 e. The predicted octanol–water partition coefficient (Wildman–Crippen LogP) is 6.53. The van der Waals surface area contributed by atoms with E-state index in [-0.39, 0.29) is 17.5 Å². The Balaban J connectivity index is 2.10. The van der Waals surface area contributed by atoms with Crippen LogP contribution < -0.4 is 4.90 Å². The predicted molar refractivity (Wildman–Crippen MR) is 111 cm³/mol. The lowest BCUT2D eigenvalue weighted by Gasteiger charge is -2.28. The Morgan fingerprint density at radius 1 is 1.00 bits per heavy atom. The minimum absolute atomic E-state index is 0.0622. The number of amides is 1. The molecular formula is C22H19ClF3N3O. The summed E-state index contributed by atoms with van der Waals surface area (Å²) in [4.78, 5) is 23.1. The lowest BCUT2D eigenvalue weighted by molar-refractivity contribution is -0.137. The molecule has 30 heavy (non-hydrogen) atoms. The number of carbonyl (C=O) groups is 1. The van der Waals surface area contributed by atoms with Gasteiger partial charge in [-0.1, -0.05) is 44.5 Å². The molecule has 0 spiro atoms. The van der Waals surface area contributed by atoms with Gasteiger partial charge < -0.3 is 0 Å². The van der Waals surface area contributed by atoms with Gasteiger partial charge in [0.2, 0.25) is 11.9 Å². The van der Waals surface area contributed by atoms with Crippen LogP contribution in [0.4, 0.5) is 24.8 Å². The van der Waals surface area contributed by atoms with Gasteiger partial charge in [0.25, 0.3) is 0 Å². The van der Waals surface area contributed by atoms with Gasteiger partial charge in [0.1, 0.15) is 0 Å². The Morgan fingerprint density at radius 2 is 1.67 bits per heavy atom. The number of alkyl halides is 3. The van der Waals surface area contributed by atoms with Crippen LogP contribution in [-0.2, 0) is 11.0 Å². The summed E-state index contributed by atoms with van der Waals surface area (Å²) in [6, 6.07) is 13.0. The van der Waals surface area contributed by atoms with Crippen molar-refractivity contribution >= 4 is 29.1 Å². The summed E-state index contributed by atoms with van der Waals surface area (Å²) in [5.41, 5.74) is -0.130. The standard InChI is InChI=1S/C22H19ClF3N3O/c1-21(2,3)19(30)29(17-9-7-15(8-10-17)22(24,25)26)20-27-12-11-18(28-20)14-5-4-6-16(23)13-14/h4-13H,1-3H3. The molecule has 3 aromatic rings. The molecule has 0 N–H and O–H groups in total. The van der Waals surface area contributed by atoms with Crippen molar-refractivity contribution in [2.24, 2.45) is 5.41 Å². The molecule has 0 aliphatic carbocycles. The first-order valence-electron chi connectivity index (χ1n) is 9.07. The second-order valence-corrected chi connectivity index (χ2v) is 8.12. The molecule has 0 unspecified atom stereocenters. The number of rotatable bonds is 3. The highest BCUT2D eigenvalue weighted by Crippen LogP contribution is 2.34. The lowest BCUT2D eigenvalue weighted by Crippen LogP contribution is -2.37. The average molecular weight is 434 g/mol. The molecule has 4 nitrogen and oxygen atoms in total. The van der Waals surface area contributed by atoms with Crippen LogP contribution in [0.25, 0.3) is 11.3 Å². The Morgan fingerprint density at radius 3 is 2.23 bits per heavy atom. The maximum absolute atomic E-state index is 13.2. The number of nitrogens with zero attached hydrogens (tertiary/aromatic N) is 3. The molecule has 1 aromatic heterocycles. The highest BCUT2D eigenvalue weighted by Gasteiger charge is 2.33. The first kappa shape index (κ1) is 21.8. The van der Waals surface area contributed by atoms with Crippen LogP contribution in [0.2, 0.25) is 5.02 Å². The SMILES string of the molecule is CC(C)(C)C(=O)N(c1ccc(C(F)(F)F)cc1)c1nccc(-c2cccc(Cl)c2)n1. The summed E-state index contributed by atoms with van der Waals surface area (Å²) in [6.45, 7) is 5.15. The van der Waals surface area contributed by atoms with Crippen LogP contribution in [0.1, 0.15) is 26.3 Å². The van der Waals surface area contributed by atoms with Crippen LogP contribution in [-0.4, -0.2) is 15.9 Å². The molecule has 0 bridgehead atoms. The van der Waals surface area contributed by atoms with Gasteiger partial charge in [-0.3, -0.25) is 4.79 Å². The zero-order valence-corrected chi connectivity index (χ0v) is 17.3. The van der Waals surface area contributed by atoms with Crippen LogP contribution in [0.15, 0.2) is 60.8 Å². The summed E-state index contributed by atoms with van der Waals surface area (Å²) in [5, 5.41) is 0.526. The van der Waals surface area contributed by atoms with E-state index in [2.05, 4.69) is 9.97 Å². The molecule has 0 saturated heterocycles. The second-order valence-electron chi connectivity index (χ2n) is 7.69. The number of carbonyl (C=O) groups excluding carboxylic acids is 1. The lowest BCUT2D eigenvalue weighted by atomic mass is 9.94. The van der Waals surface area contributed by atoms with Gasteiger partial charge in [-0.15, -0.1) is 0 Å². The molecule has 0 saturated carbocycles. The van der Waals surface area contributed by atoms with Crippen molar-refractivity contribution < 1.29 is 18.0 Å². The Kier molecular flexibility index (Phi) is 5.85. The van der Waals surface area contributed by atoms with Crippen molar-refractivity contribution in [2.45, 2.75) is 26.9 Å². The van der Waals surface area contributed by atoms with Crippen molar-refractivity contribution in [1.29, 1.82) is 0 Å². The number of hydrogen-bond acceptors (Lipinski definition) is 3. The zero-order valence-electron chi connectivity index (χ0n) is 16.5. The fourth-order valence-corrected chi connectivity index (χ4v) is 2.91. The molecule has 1 amide bonds. The number of anilines is 2. The third-order valence-corrected chi connectivity index (χ3v) is 4.50. The van der Waals surface area contributed by atoms with E-state index in [1.807, 2.05) is 6.07 Å². The van der Waals surface area contributed by atoms with Gasteiger partial charge in [-0.05, 0) is 42.5 Å². The van der Waals surface area contributed by atoms with Crippen LogP contribution in [0.5, 0.6) is 0 Å². The molecular weight excluding hydrogens is 415 g/mol. The molecule has 2 aromatic carbocycles. The fourth-order valence-electron chi connectivity index (χ4n) is 2.72. The van der Waals surface area contributed by atoms with Gasteiger partial charge in [0.05, 0.1) is 16.9 Å². The van der Waals surface area contributed by atoms with Crippen molar-refractivity contribution in [3.63, 3.8) is 0 Å². The molecule has 0 aliphatic rings. The van der Waals surface area contributed by atoms with Gasteiger partial charge in [0.15, 0.2) is 0 Å². The third kappa shape index (κ3) is 4.79. The summed E-state index contributed by atoms with van der Waals surface area (Å²) in [7, 11) is 0. The Bertz CT molecular complexity index is 1060. The highest BCUT2D eigenvalue weighted by molar-refractivity contribution is 6.30. The first-order chi connectivity index (χ1) is 14.0. The van der Waals surface area contributed by atoms with Gasteiger partial charge in [-0.2, -0.15) is 13.2 Å². The normalized spacial score (nSPS) is 12.0. The van der Waals surface area contributed by atoms with Crippen LogP contribution >= 0.6 is 11.6 Å². The molecule has 156 valence electrons. The van der Waals surface area contributed by atoms with Gasteiger partial charge in [-0.25, -0.2) is 14.9 Å². The van der Waals surface area contributed by atoms with E-state index < -0.39 is 17.2 Å². The van der Waals surface area contributed by atoms with Crippen molar-refractivity contribution in [3.8, 4) is 11.3 Å². The number of benzene rings is 2. The number of hydrogen-bond donors (Lipinski definition) is 0. The largest absolute Gasteiger partial charge is 0.416 e. The third-order valence-electron chi connectivity index (χ3n) is 4.26. The van der Waals surface area contributed by atoms with E-state index in [0.717, 1.165) is 17.7 Å². The van der Waals surface area contributed by atoms with E-state index in [4.69, 9.17) is 11.6 Å². The topological polar surface area (TPSA) is 46.1 Å². The molecule has 0 radical (unpaired) electrons. The van der Waals surface area contributed by atoms with Gasteiger partial charge in [0, 0.05) is 22.2 Å².